The summed E-state index contributed by atoms with van der Waals surface area (Å²) in [5, 5.41) is 29.0. The lowest BCUT2D eigenvalue weighted by molar-refractivity contribution is -0.115. The standard InChI is InChI=1S/C17H19N3O5S/c18-26(24,25)15-7-3-12(4-8-15)9-10-19-17(22)16(20-23)11-13-1-5-14(21)6-2-13/h1-8,21,23H,9-11H2,(H,19,22)(H2,18,24,25)/b20-16+. The lowest BCUT2D eigenvalue weighted by atomic mass is 10.1. The molecule has 0 bridgehead atoms. The maximum atomic E-state index is 12.1. The normalized spacial score (nSPS) is 12.0. The van der Waals surface area contributed by atoms with Crippen molar-refractivity contribution >= 4 is 21.6 Å². The summed E-state index contributed by atoms with van der Waals surface area (Å²) >= 11 is 0. The van der Waals surface area contributed by atoms with Gasteiger partial charge >= 0.3 is 0 Å². The molecule has 26 heavy (non-hydrogen) atoms. The molecule has 2 aromatic rings. The van der Waals surface area contributed by atoms with Gasteiger partial charge < -0.3 is 15.6 Å². The zero-order valence-electron chi connectivity index (χ0n) is 13.8. The first-order valence-corrected chi connectivity index (χ1v) is 9.23. The third-order valence-corrected chi connectivity index (χ3v) is 4.57. The van der Waals surface area contributed by atoms with Gasteiger partial charge in [0, 0.05) is 13.0 Å². The molecule has 1 amide bonds. The van der Waals surface area contributed by atoms with Gasteiger partial charge in [-0.2, -0.15) is 0 Å². The second kappa shape index (κ2) is 8.45. The summed E-state index contributed by atoms with van der Waals surface area (Å²) in [6.45, 7) is 0.280. The van der Waals surface area contributed by atoms with Crippen LogP contribution in [-0.2, 0) is 27.7 Å². The first-order chi connectivity index (χ1) is 12.3. The molecule has 0 aromatic heterocycles. The Bertz CT molecular complexity index is 891. The number of hydrogen-bond donors (Lipinski definition) is 4. The quantitative estimate of drug-likeness (QED) is 0.320. The van der Waals surface area contributed by atoms with Gasteiger partial charge in [-0.25, -0.2) is 13.6 Å². The number of rotatable bonds is 7. The number of aromatic hydroxyl groups is 1. The minimum Gasteiger partial charge on any atom is -0.508 e. The average molecular weight is 377 g/mol. The molecule has 0 aliphatic carbocycles. The molecule has 0 fully saturated rings. The number of phenolic OH excluding ortho intramolecular Hbond substituents is 1. The lowest BCUT2D eigenvalue weighted by Gasteiger charge is -2.08. The van der Waals surface area contributed by atoms with Gasteiger partial charge in [-0.3, -0.25) is 4.79 Å². The van der Waals surface area contributed by atoms with E-state index in [1.54, 1.807) is 24.3 Å². The van der Waals surface area contributed by atoms with E-state index in [0.717, 1.165) is 5.56 Å². The number of nitrogens with two attached hydrogens (primary N) is 1. The van der Waals surface area contributed by atoms with Gasteiger partial charge in [-0.05, 0) is 41.8 Å². The average Bonchev–Trinajstić information content (AvgIpc) is 2.60. The zero-order chi connectivity index (χ0) is 19.2. The Morgan fingerprint density at radius 3 is 2.15 bits per heavy atom. The summed E-state index contributed by atoms with van der Waals surface area (Å²) in [6.07, 6.45) is 0.584. The first kappa shape index (κ1) is 19.4. The van der Waals surface area contributed by atoms with Crippen LogP contribution in [0, 0.1) is 0 Å². The fraction of sp³-hybridized carbons (Fsp3) is 0.176. The highest BCUT2D eigenvalue weighted by molar-refractivity contribution is 7.89. The molecule has 0 atom stereocenters. The summed E-state index contributed by atoms with van der Waals surface area (Å²) in [4.78, 5) is 12.1. The van der Waals surface area contributed by atoms with Crippen molar-refractivity contribution in [1.82, 2.24) is 5.32 Å². The maximum absolute atomic E-state index is 12.1. The number of phenols is 1. The predicted molar refractivity (Wildman–Crippen MR) is 95.6 cm³/mol. The Morgan fingerprint density at radius 1 is 1.04 bits per heavy atom. The maximum Gasteiger partial charge on any atom is 0.269 e. The van der Waals surface area contributed by atoms with E-state index in [4.69, 9.17) is 10.3 Å². The van der Waals surface area contributed by atoms with Crippen molar-refractivity contribution in [3.63, 3.8) is 0 Å². The fourth-order valence-electron chi connectivity index (χ4n) is 2.24. The van der Waals surface area contributed by atoms with E-state index in [-0.39, 0.29) is 29.3 Å². The molecule has 0 aliphatic rings. The van der Waals surface area contributed by atoms with Crippen molar-refractivity contribution in [3.05, 3.63) is 59.7 Å². The van der Waals surface area contributed by atoms with Crippen molar-refractivity contribution < 1.29 is 23.5 Å². The van der Waals surface area contributed by atoms with Gasteiger partial charge in [-0.15, -0.1) is 0 Å². The van der Waals surface area contributed by atoms with Crippen molar-refractivity contribution in [2.24, 2.45) is 10.3 Å². The van der Waals surface area contributed by atoms with Gasteiger partial charge in [0.2, 0.25) is 10.0 Å². The number of carbonyl (C=O) groups is 1. The summed E-state index contributed by atoms with van der Waals surface area (Å²) in [5.41, 5.74) is 1.48. The van der Waals surface area contributed by atoms with Crippen LogP contribution in [0.2, 0.25) is 0 Å². The molecule has 0 radical (unpaired) electrons. The minimum absolute atomic E-state index is 0.0221. The number of nitrogens with one attached hydrogen (secondary N) is 1. The predicted octanol–water partition coefficient (Wildman–Crippen LogP) is 0.771. The number of carbonyl (C=O) groups excluding carboxylic acids is 1. The number of benzene rings is 2. The number of amides is 1. The monoisotopic (exact) mass is 377 g/mol. The van der Waals surface area contributed by atoms with Crippen molar-refractivity contribution in [2.75, 3.05) is 6.54 Å². The zero-order valence-corrected chi connectivity index (χ0v) is 14.6. The molecule has 138 valence electrons. The van der Waals surface area contributed by atoms with Crippen molar-refractivity contribution in [1.29, 1.82) is 0 Å². The smallest absolute Gasteiger partial charge is 0.269 e. The molecule has 0 saturated carbocycles. The van der Waals surface area contributed by atoms with Crippen LogP contribution in [0.25, 0.3) is 0 Å². The Hall–Kier alpha value is -2.91. The molecule has 2 rings (SSSR count). The SMILES string of the molecule is NS(=O)(=O)c1ccc(CCNC(=O)/C(Cc2ccc(O)cc2)=N/O)cc1. The second-order valence-corrected chi connectivity index (χ2v) is 7.15. The van der Waals surface area contributed by atoms with Gasteiger partial charge in [0.1, 0.15) is 11.5 Å². The molecule has 8 nitrogen and oxygen atoms in total. The number of nitrogens with zero attached hydrogens (tertiary/aromatic N) is 1. The van der Waals surface area contributed by atoms with E-state index >= 15 is 0 Å². The van der Waals surface area contributed by atoms with Crippen LogP contribution in [0.5, 0.6) is 5.75 Å². The topological polar surface area (TPSA) is 142 Å². The Kier molecular flexibility index (Phi) is 6.31. The minimum atomic E-state index is -3.73. The molecule has 9 heteroatoms. The summed E-state index contributed by atoms with van der Waals surface area (Å²) in [5.74, 6) is -0.407. The third kappa shape index (κ3) is 5.57. The molecule has 0 saturated heterocycles. The van der Waals surface area contributed by atoms with Crippen LogP contribution in [0.4, 0.5) is 0 Å². The lowest BCUT2D eigenvalue weighted by Crippen LogP contribution is -2.33. The van der Waals surface area contributed by atoms with Crippen LogP contribution in [0.3, 0.4) is 0 Å². The molecule has 0 spiro atoms. The van der Waals surface area contributed by atoms with Crippen LogP contribution < -0.4 is 10.5 Å². The van der Waals surface area contributed by atoms with E-state index in [1.165, 1.54) is 24.3 Å². The molecule has 5 N–H and O–H groups in total. The fourth-order valence-corrected chi connectivity index (χ4v) is 2.75. The van der Waals surface area contributed by atoms with E-state index in [2.05, 4.69) is 10.5 Å². The second-order valence-electron chi connectivity index (χ2n) is 5.58. The number of hydrogen-bond acceptors (Lipinski definition) is 6. The van der Waals surface area contributed by atoms with Gasteiger partial charge in [-0.1, -0.05) is 29.4 Å². The number of sulfonamides is 1. The Balaban J connectivity index is 1.87. The summed E-state index contributed by atoms with van der Waals surface area (Å²) in [6, 6.07) is 12.2. The van der Waals surface area contributed by atoms with Gasteiger partial charge in [0.15, 0.2) is 0 Å². The molecular formula is C17H19N3O5S. The summed E-state index contributed by atoms with van der Waals surface area (Å²) < 4.78 is 22.4. The van der Waals surface area contributed by atoms with Crippen LogP contribution in [0.1, 0.15) is 11.1 Å². The molecule has 2 aromatic carbocycles. The molecule has 0 aliphatic heterocycles. The summed E-state index contributed by atoms with van der Waals surface area (Å²) in [7, 11) is -3.73. The van der Waals surface area contributed by atoms with Crippen molar-refractivity contribution in [3.8, 4) is 5.75 Å². The van der Waals surface area contributed by atoms with Crippen molar-refractivity contribution in [2.45, 2.75) is 17.7 Å². The Morgan fingerprint density at radius 2 is 1.62 bits per heavy atom. The van der Waals surface area contributed by atoms with E-state index in [0.29, 0.717) is 12.0 Å². The number of primary sulfonamides is 1. The Labute approximate surface area is 151 Å². The van der Waals surface area contributed by atoms with E-state index in [9.17, 15) is 18.3 Å². The highest BCUT2D eigenvalue weighted by Gasteiger charge is 2.13. The van der Waals surface area contributed by atoms with E-state index < -0.39 is 15.9 Å². The highest BCUT2D eigenvalue weighted by atomic mass is 32.2. The first-order valence-electron chi connectivity index (χ1n) is 7.68. The van der Waals surface area contributed by atoms with E-state index in [1.807, 2.05) is 0 Å². The van der Waals surface area contributed by atoms with Gasteiger partial charge in [0.05, 0.1) is 4.90 Å². The molecule has 0 unspecified atom stereocenters. The third-order valence-electron chi connectivity index (χ3n) is 3.64. The highest BCUT2D eigenvalue weighted by Crippen LogP contribution is 2.11. The van der Waals surface area contributed by atoms with Crippen LogP contribution >= 0.6 is 0 Å². The molecular weight excluding hydrogens is 358 g/mol. The van der Waals surface area contributed by atoms with Crippen LogP contribution in [0.15, 0.2) is 58.6 Å². The van der Waals surface area contributed by atoms with Crippen LogP contribution in [-0.4, -0.2) is 36.9 Å². The largest absolute Gasteiger partial charge is 0.508 e. The van der Waals surface area contributed by atoms with Gasteiger partial charge in [0.25, 0.3) is 5.91 Å². The number of oxime groups is 1. The molecule has 0 heterocycles.